The van der Waals surface area contributed by atoms with Crippen LogP contribution in [0.4, 0.5) is 4.79 Å². The van der Waals surface area contributed by atoms with E-state index in [2.05, 4.69) is 18.5 Å². The smallest absolute Gasteiger partial charge is 0.408 e. The van der Waals surface area contributed by atoms with Crippen LogP contribution < -0.4 is 30.0 Å². The molecule has 0 aliphatic heterocycles. The Hall–Kier alpha value is -4.31. The van der Waals surface area contributed by atoms with Crippen molar-refractivity contribution in [3.05, 3.63) is 72.8 Å². The van der Waals surface area contributed by atoms with E-state index in [1.54, 1.807) is 58.0 Å². The number of alkyl carbamates (subject to hydrolysis) is 1. The predicted molar refractivity (Wildman–Crippen MR) is 158 cm³/mol. The molecule has 1 amide bonds. The summed E-state index contributed by atoms with van der Waals surface area (Å²) in [6.45, 7) is 15.7. The highest BCUT2D eigenvalue weighted by molar-refractivity contribution is 5.83. The number of rotatable bonds is 11. The van der Waals surface area contributed by atoms with Crippen molar-refractivity contribution in [2.24, 2.45) is 5.73 Å². The van der Waals surface area contributed by atoms with Crippen LogP contribution in [0.15, 0.2) is 61.7 Å². The third kappa shape index (κ3) is 12.6. The van der Waals surface area contributed by atoms with E-state index in [0.717, 1.165) is 17.5 Å². The predicted octanol–water partition coefficient (Wildman–Crippen LogP) is 4.92. The van der Waals surface area contributed by atoms with Crippen LogP contribution in [0.3, 0.4) is 0 Å². The van der Waals surface area contributed by atoms with Gasteiger partial charge in [0.05, 0.1) is 14.2 Å². The Kier molecular flexibility index (Phi) is 14.2. The summed E-state index contributed by atoms with van der Waals surface area (Å²) in [5, 5.41) is 2.44. The second-order valence-corrected chi connectivity index (χ2v) is 9.95. The lowest BCUT2D eigenvalue weighted by atomic mass is 10.1. The maximum Gasteiger partial charge on any atom is 0.408 e. The average molecular weight is 571 g/mol. The van der Waals surface area contributed by atoms with Crippen LogP contribution in [0.5, 0.6) is 23.0 Å². The molecule has 0 saturated heterocycles. The summed E-state index contributed by atoms with van der Waals surface area (Å²) in [6, 6.07) is 9.08. The Bertz CT molecular complexity index is 1200. The summed E-state index contributed by atoms with van der Waals surface area (Å²) in [5.74, 6) is 0.511. The van der Waals surface area contributed by atoms with E-state index < -0.39 is 35.7 Å². The van der Waals surface area contributed by atoms with Gasteiger partial charge in [0.25, 0.3) is 0 Å². The van der Waals surface area contributed by atoms with Crippen molar-refractivity contribution in [1.29, 1.82) is 0 Å². The van der Waals surface area contributed by atoms with Gasteiger partial charge in [-0.2, -0.15) is 0 Å². The fraction of sp³-hybridized carbons (Fsp3) is 0.387. The summed E-state index contributed by atoms with van der Waals surface area (Å²) in [4.78, 5) is 35.2. The minimum Gasteiger partial charge on any atom is -0.493 e. The lowest BCUT2D eigenvalue weighted by Crippen LogP contribution is -2.43. The van der Waals surface area contributed by atoms with Gasteiger partial charge in [-0.05, 0) is 82.9 Å². The molecule has 41 heavy (non-hydrogen) atoms. The molecule has 0 heterocycles. The third-order valence-electron chi connectivity index (χ3n) is 5.10. The molecule has 0 aromatic heterocycles. The van der Waals surface area contributed by atoms with Crippen LogP contribution in [0.1, 0.15) is 45.7 Å². The van der Waals surface area contributed by atoms with Gasteiger partial charge < -0.3 is 34.7 Å². The standard InChI is InChI=1S/C18H25NO5.C13H17NO3/c1-7-8-13-9-10-14(15(11-13)22-6)23-16(20)12(2)19-17(21)24-18(3,4)5;1-4-5-10-6-7-11(12(8-10)16-3)17-13(15)9(2)14/h7,9-12H,1,8H2,2-6H3,(H,19,21);4,6-9H,1,5,14H2,2-3H3. The SMILES string of the molecule is C=CCc1ccc(OC(=O)C(C)N)c(OC)c1.C=CCc1ccc(OC(=O)C(C)NC(=O)OC(C)(C)C)c(OC)c1. The number of esters is 2. The van der Waals surface area contributed by atoms with E-state index in [4.69, 9.17) is 29.4 Å². The zero-order valence-electron chi connectivity index (χ0n) is 24.9. The van der Waals surface area contributed by atoms with Gasteiger partial charge in [-0.3, -0.25) is 0 Å². The van der Waals surface area contributed by atoms with Crippen molar-refractivity contribution in [1.82, 2.24) is 5.32 Å². The number of nitrogens with one attached hydrogen (secondary N) is 1. The van der Waals surface area contributed by atoms with Crippen molar-refractivity contribution in [3.8, 4) is 23.0 Å². The normalized spacial score (nSPS) is 11.9. The second kappa shape index (κ2) is 16.7. The minimum absolute atomic E-state index is 0.285. The molecule has 3 N–H and O–H groups in total. The first-order valence-electron chi connectivity index (χ1n) is 13.0. The van der Waals surface area contributed by atoms with Gasteiger partial charge in [-0.25, -0.2) is 14.4 Å². The molecule has 0 spiro atoms. The number of amides is 1. The molecule has 10 heteroatoms. The van der Waals surface area contributed by atoms with Gasteiger partial charge in [0, 0.05) is 0 Å². The molecule has 2 unspecified atom stereocenters. The molecule has 10 nitrogen and oxygen atoms in total. The molecule has 0 radical (unpaired) electrons. The topological polar surface area (TPSA) is 135 Å². The van der Waals surface area contributed by atoms with Crippen LogP contribution in [-0.2, 0) is 27.2 Å². The summed E-state index contributed by atoms with van der Waals surface area (Å²) in [7, 11) is 3.02. The molecule has 0 bridgehead atoms. The number of hydrogen-bond donors (Lipinski definition) is 2. The Balaban J connectivity index is 0.000000435. The third-order valence-corrected chi connectivity index (χ3v) is 5.10. The van der Waals surface area contributed by atoms with Gasteiger partial charge >= 0.3 is 18.0 Å². The molecule has 2 aromatic carbocycles. The van der Waals surface area contributed by atoms with E-state index in [1.165, 1.54) is 21.1 Å². The van der Waals surface area contributed by atoms with Crippen LogP contribution in [0, 0.1) is 0 Å². The molecule has 2 atom stereocenters. The first-order valence-corrected chi connectivity index (χ1v) is 13.0. The molecule has 0 fully saturated rings. The van der Waals surface area contributed by atoms with Gasteiger partial charge in [0.15, 0.2) is 23.0 Å². The van der Waals surface area contributed by atoms with Crippen molar-refractivity contribution in [2.45, 2.75) is 65.1 Å². The Morgan fingerprint density at radius 1 is 0.829 bits per heavy atom. The van der Waals surface area contributed by atoms with Crippen LogP contribution in [-0.4, -0.2) is 49.9 Å². The molecule has 2 aromatic rings. The number of ether oxygens (including phenoxy) is 5. The van der Waals surface area contributed by atoms with Crippen molar-refractivity contribution in [3.63, 3.8) is 0 Å². The largest absolute Gasteiger partial charge is 0.493 e. The summed E-state index contributed by atoms with van der Waals surface area (Å²) < 4.78 is 25.9. The van der Waals surface area contributed by atoms with E-state index in [0.29, 0.717) is 23.7 Å². The fourth-order valence-electron chi connectivity index (χ4n) is 3.12. The maximum absolute atomic E-state index is 12.1. The molecule has 0 saturated carbocycles. The van der Waals surface area contributed by atoms with E-state index in [9.17, 15) is 14.4 Å². The zero-order valence-corrected chi connectivity index (χ0v) is 24.9. The van der Waals surface area contributed by atoms with Gasteiger partial charge in [0.1, 0.15) is 17.7 Å². The van der Waals surface area contributed by atoms with Crippen molar-refractivity contribution < 1.29 is 38.1 Å². The van der Waals surface area contributed by atoms with Gasteiger partial charge in [0.2, 0.25) is 0 Å². The Morgan fingerprint density at radius 3 is 1.63 bits per heavy atom. The number of carbonyl (C=O) groups excluding carboxylic acids is 3. The number of methoxy groups -OCH3 is 2. The highest BCUT2D eigenvalue weighted by Crippen LogP contribution is 2.29. The molecule has 224 valence electrons. The molecule has 0 aliphatic carbocycles. The van der Waals surface area contributed by atoms with Crippen LogP contribution >= 0.6 is 0 Å². The molecule has 2 rings (SSSR count). The Morgan fingerprint density at radius 2 is 1.27 bits per heavy atom. The molecular weight excluding hydrogens is 528 g/mol. The molecular formula is C31H42N2O8. The minimum atomic E-state index is -0.864. The van der Waals surface area contributed by atoms with Crippen LogP contribution in [0.25, 0.3) is 0 Å². The molecule has 0 aliphatic rings. The van der Waals surface area contributed by atoms with E-state index in [-0.39, 0.29) is 5.75 Å². The van der Waals surface area contributed by atoms with Crippen LogP contribution in [0.2, 0.25) is 0 Å². The summed E-state index contributed by atoms with van der Waals surface area (Å²) >= 11 is 0. The zero-order chi connectivity index (χ0) is 31.2. The van der Waals surface area contributed by atoms with Crippen molar-refractivity contribution in [2.75, 3.05) is 14.2 Å². The Labute approximate surface area is 242 Å². The quantitative estimate of drug-likeness (QED) is 0.219. The maximum atomic E-state index is 12.1. The average Bonchev–Trinajstić information content (AvgIpc) is 2.89. The number of allylic oxidation sites excluding steroid dienone is 2. The second-order valence-electron chi connectivity index (χ2n) is 9.95. The van der Waals surface area contributed by atoms with Gasteiger partial charge in [-0.15, -0.1) is 13.2 Å². The monoisotopic (exact) mass is 570 g/mol. The van der Waals surface area contributed by atoms with Gasteiger partial charge in [-0.1, -0.05) is 24.3 Å². The summed E-state index contributed by atoms with van der Waals surface area (Å²) in [5.41, 5.74) is 6.81. The van der Waals surface area contributed by atoms with Crippen molar-refractivity contribution >= 4 is 18.0 Å². The first-order chi connectivity index (χ1) is 19.2. The van der Waals surface area contributed by atoms with E-state index in [1.807, 2.05) is 18.2 Å². The number of hydrogen-bond acceptors (Lipinski definition) is 9. The highest BCUT2D eigenvalue weighted by atomic mass is 16.6. The number of carbonyl (C=O) groups is 3. The highest BCUT2D eigenvalue weighted by Gasteiger charge is 2.23. The first kappa shape index (κ1) is 34.7. The number of nitrogens with two attached hydrogens (primary N) is 1. The summed E-state index contributed by atoms with van der Waals surface area (Å²) in [6.07, 6.45) is 4.30. The number of benzene rings is 2. The lowest BCUT2D eigenvalue weighted by Gasteiger charge is -2.21. The van der Waals surface area contributed by atoms with E-state index >= 15 is 0 Å². The lowest BCUT2D eigenvalue weighted by molar-refractivity contribution is -0.136. The fourth-order valence-corrected chi connectivity index (χ4v) is 3.12.